The van der Waals surface area contributed by atoms with Gasteiger partial charge in [-0.1, -0.05) is 18.9 Å². The van der Waals surface area contributed by atoms with Crippen molar-refractivity contribution in [2.75, 3.05) is 13.3 Å². The second-order valence-electron chi connectivity index (χ2n) is 8.82. The Hall–Kier alpha value is -2.29. The molecule has 0 spiro atoms. The lowest BCUT2D eigenvalue weighted by Crippen LogP contribution is -2.59. The van der Waals surface area contributed by atoms with Crippen molar-refractivity contribution >= 4 is 12.4 Å². The van der Waals surface area contributed by atoms with Gasteiger partial charge in [-0.05, 0) is 75.3 Å². The number of ether oxygens (including phenoxy) is 3. The molecule has 178 valence electrons. The fraction of sp³-hybridized carbons (Fsp3) is 0.652. The molecule has 3 aliphatic rings. The van der Waals surface area contributed by atoms with Gasteiger partial charge in [-0.25, -0.2) is 4.79 Å². The lowest BCUT2D eigenvalue weighted by Gasteiger charge is -2.56. The summed E-state index contributed by atoms with van der Waals surface area (Å²) in [4.78, 5) is 20.2. The number of rotatable bonds is 4. The molecule has 3 atom stereocenters. The zero-order valence-electron chi connectivity index (χ0n) is 18.4. The molecule has 1 aromatic rings. The Bertz CT molecular complexity index is 809. The van der Waals surface area contributed by atoms with Crippen molar-refractivity contribution in [2.45, 2.75) is 76.1 Å². The molecule has 0 radical (unpaired) electrons. The van der Waals surface area contributed by atoms with E-state index in [2.05, 4.69) is 17.4 Å². The normalized spacial score (nSPS) is 26.1. The van der Waals surface area contributed by atoms with Gasteiger partial charge in [0.15, 0.2) is 0 Å². The first-order chi connectivity index (χ1) is 15.1. The topological polar surface area (TPSA) is 73.9 Å². The minimum absolute atomic E-state index is 0.120. The number of aldehydes is 1. The monoisotopic (exact) mass is 457 g/mol. The van der Waals surface area contributed by atoms with E-state index in [1.807, 2.05) is 6.07 Å². The summed E-state index contributed by atoms with van der Waals surface area (Å²) < 4.78 is 46.9. The Morgan fingerprint density at radius 1 is 1.28 bits per heavy atom. The maximum Gasteiger partial charge on any atom is 0.511 e. The summed E-state index contributed by atoms with van der Waals surface area (Å²) in [6, 6.07) is 7.01. The summed E-state index contributed by atoms with van der Waals surface area (Å²) in [5.74, 6) is 1.52. The van der Waals surface area contributed by atoms with Crippen molar-refractivity contribution in [3.63, 3.8) is 0 Å². The Balaban J connectivity index is 0.000000427. The van der Waals surface area contributed by atoms with Crippen molar-refractivity contribution in [3.05, 3.63) is 29.3 Å². The average Bonchev–Trinajstić information content (AvgIpc) is 2.73. The van der Waals surface area contributed by atoms with Crippen LogP contribution in [0.5, 0.6) is 5.75 Å². The first-order valence-electron chi connectivity index (χ1n) is 11.0. The van der Waals surface area contributed by atoms with E-state index in [0.29, 0.717) is 11.5 Å². The predicted molar refractivity (Wildman–Crippen MR) is 111 cm³/mol. The maximum absolute atomic E-state index is 11.5. The molecule has 2 bridgehead atoms. The smallest absolute Gasteiger partial charge is 0.457 e. The zero-order valence-corrected chi connectivity index (χ0v) is 18.4. The van der Waals surface area contributed by atoms with Crippen LogP contribution in [0.3, 0.4) is 0 Å². The van der Waals surface area contributed by atoms with E-state index < -0.39 is 18.6 Å². The van der Waals surface area contributed by atoms with Crippen molar-refractivity contribution in [1.82, 2.24) is 5.32 Å². The van der Waals surface area contributed by atoms with Gasteiger partial charge in [-0.2, -0.15) is 13.2 Å². The number of hydrogen-bond donors (Lipinski definition) is 1. The summed E-state index contributed by atoms with van der Waals surface area (Å²) in [5.41, 5.74) is 3.23. The number of hydrogen-bond acceptors (Lipinski definition) is 6. The molecule has 2 fully saturated rings. The third-order valence-electron chi connectivity index (χ3n) is 6.49. The van der Waals surface area contributed by atoms with E-state index in [9.17, 15) is 18.0 Å². The van der Waals surface area contributed by atoms with Crippen LogP contribution in [0.25, 0.3) is 0 Å². The quantitative estimate of drug-likeness (QED) is 0.402. The molecule has 1 saturated heterocycles. The van der Waals surface area contributed by atoms with Crippen LogP contribution in [-0.4, -0.2) is 44.1 Å². The van der Waals surface area contributed by atoms with Crippen molar-refractivity contribution in [3.8, 4) is 5.75 Å². The maximum atomic E-state index is 11.5. The molecule has 0 aromatic heterocycles. The largest absolute Gasteiger partial charge is 0.511 e. The number of benzene rings is 1. The number of nitrogens with one attached hydrogen (secondary N) is 1. The van der Waals surface area contributed by atoms with E-state index in [0.717, 1.165) is 24.6 Å². The van der Waals surface area contributed by atoms with Gasteiger partial charge in [0.25, 0.3) is 0 Å². The van der Waals surface area contributed by atoms with Gasteiger partial charge in [0, 0.05) is 11.5 Å². The highest BCUT2D eigenvalue weighted by atomic mass is 19.4. The fourth-order valence-corrected chi connectivity index (χ4v) is 5.37. The van der Waals surface area contributed by atoms with Gasteiger partial charge >= 0.3 is 12.3 Å². The molecule has 9 heteroatoms. The summed E-state index contributed by atoms with van der Waals surface area (Å²) in [6.07, 6.45) is 1.01. The lowest BCUT2D eigenvalue weighted by atomic mass is 9.53. The summed E-state index contributed by atoms with van der Waals surface area (Å²) in [7, 11) is 0. The van der Waals surface area contributed by atoms with Crippen LogP contribution in [-0.2, 0) is 26.1 Å². The number of fused-ring (bicyclic) bond motifs is 1. The molecule has 1 aromatic carbocycles. The lowest BCUT2D eigenvalue weighted by molar-refractivity contribution is -0.156. The van der Waals surface area contributed by atoms with Gasteiger partial charge in [-0.3, -0.25) is 4.79 Å². The van der Waals surface area contributed by atoms with Crippen LogP contribution in [0.15, 0.2) is 18.2 Å². The first kappa shape index (κ1) is 24.4. The predicted octanol–water partition coefficient (Wildman–Crippen LogP) is 4.68. The fourth-order valence-electron chi connectivity index (χ4n) is 5.37. The molecule has 2 aliphatic carbocycles. The Kier molecular flexibility index (Phi) is 7.69. The molecule has 1 aliphatic heterocycles. The van der Waals surface area contributed by atoms with Crippen LogP contribution in [0, 0.1) is 5.92 Å². The molecule has 0 unspecified atom stereocenters. The number of carbonyl (C=O) groups excluding carboxylic acids is 2. The zero-order chi connectivity index (χ0) is 23.4. The molecule has 1 heterocycles. The van der Waals surface area contributed by atoms with Crippen LogP contribution in [0.4, 0.5) is 18.0 Å². The van der Waals surface area contributed by atoms with Crippen molar-refractivity contribution in [2.24, 2.45) is 5.92 Å². The van der Waals surface area contributed by atoms with Crippen LogP contribution >= 0.6 is 0 Å². The Morgan fingerprint density at radius 3 is 2.72 bits per heavy atom. The molecular weight excluding hydrogens is 427 g/mol. The van der Waals surface area contributed by atoms with E-state index in [4.69, 9.17) is 19.0 Å². The highest BCUT2D eigenvalue weighted by Gasteiger charge is 2.51. The average molecular weight is 457 g/mol. The van der Waals surface area contributed by atoms with E-state index in [1.165, 1.54) is 43.2 Å². The number of alkyl halides is 3. The van der Waals surface area contributed by atoms with Gasteiger partial charge in [0.1, 0.15) is 5.75 Å². The van der Waals surface area contributed by atoms with Gasteiger partial charge in [0.05, 0.1) is 6.10 Å². The third kappa shape index (κ3) is 5.74. The molecule has 1 N–H and O–H groups in total. The van der Waals surface area contributed by atoms with Gasteiger partial charge < -0.3 is 19.5 Å². The van der Waals surface area contributed by atoms with Crippen molar-refractivity contribution < 1.29 is 37.0 Å². The molecule has 4 rings (SSSR count). The second kappa shape index (κ2) is 10.1. The molecule has 6 nitrogen and oxygen atoms in total. The number of carbonyl (C=O) groups is 2. The van der Waals surface area contributed by atoms with E-state index in [1.54, 1.807) is 13.8 Å². The van der Waals surface area contributed by atoms with E-state index in [-0.39, 0.29) is 12.9 Å². The van der Waals surface area contributed by atoms with Crippen LogP contribution < -0.4 is 10.1 Å². The molecule has 0 amide bonds. The summed E-state index contributed by atoms with van der Waals surface area (Å²) >= 11 is 0. The molecule has 1 saturated carbocycles. The van der Waals surface area contributed by atoms with Gasteiger partial charge in [-0.15, -0.1) is 0 Å². The number of piperidine rings is 1. The summed E-state index contributed by atoms with van der Waals surface area (Å²) in [5, 5.41) is 3.76. The molecular formula is C23H30F3NO5. The Labute approximate surface area is 185 Å². The highest BCUT2D eigenvalue weighted by Crippen LogP contribution is 2.54. The SMILES string of the molecule is CC(C)OC(=O)OCOc1ccc2c(c1)[C@]13CCCC[C@@H]1[C@H](C2)NCC3.O=CC(F)(F)F. The van der Waals surface area contributed by atoms with Crippen LogP contribution in [0.2, 0.25) is 0 Å². The van der Waals surface area contributed by atoms with Crippen LogP contribution in [0.1, 0.15) is 57.1 Å². The summed E-state index contributed by atoms with van der Waals surface area (Å²) in [6.45, 7) is 4.57. The Morgan fingerprint density at radius 2 is 2.03 bits per heavy atom. The minimum atomic E-state index is -4.64. The third-order valence-corrected chi connectivity index (χ3v) is 6.49. The first-order valence-corrected chi connectivity index (χ1v) is 11.0. The number of halogens is 3. The standard InChI is InChI=1S/C21H29NO4.C2HF3O/c1-14(2)26-20(23)25-13-24-16-7-6-15-11-19-17-5-3-4-8-21(17,9-10-22-19)18(15)12-16;3-2(4,5)1-6/h6-7,12,14,17,19,22H,3-5,8-11,13H2,1-2H3;1H/t17-,19+,21+;/m1./s1. The molecule has 32 heavy (non-hydrogen) atoms. The van der Waals surface area contributed by atoms with Gasteiger partial charge in [0.2, 0.25) is 13.1 Å². The minimum Gasteiger partial charge on any atom is -0.457 e. The highest BCUT2D eigenvalue weighted by molar-refractivity contribution is 5.60. The van der Waals surface area contributed by atoms with Crippen molar-refractivity contribution in [1.29, 1.82) is 0 Å². The second-order valence-corrected chi connectivity index (χ2v) is 8.82. The van der Waals surface area contributed by atoms with E-state index >= 15 is 0 Å².